The maximum Gasteiger partial charge on any atom is 0.405 e. The Kier molecular flexibility index (Phi) is 7.25. The largest absolute Gasteiger partial charge is 0.465 e. The number of nitrogens with one attached hydrogen (secondary N) is 2. The van der Waals surface area contributed by atoms with Crippen LogP contribution in [-0.2, 0) is 6.42 Å². The van der Waals surface area contributed by atoms with E-state index in [9.17, 15) is 9.90 Å². The van der Waals surface area contributed by atoms with Crippen molar-refractivity contribution in [1.29, 1.82) is 0 Å². The molecule has 6 heteroatoms. The maximum absolute atomic E-state index is 11.4. The molecule has 0 saturated carbocycles. The molecule has 0 aliphatic carbocycles. The first-order valence-electron chi connectivity index (χ1n) is 12.3. The van der Waals surface area contributed by atoms with Crippen LogP contribution in [0.4, 0.5) is 10.7 Å². The second-order valence-corrected chi connectivity index (χ2v) is 10.5. The van der Waals surface area contributed by atoms with Gasteiger partial charge in [-0.25, -0.2) is 14.8 Å². The molecule has 4 aromatic rings. The van der Waals surface area contributed by atoms with Crippen molar-refractivity contribution in [1.82, 2.24) is 15.3 Å². The Labute approximate surface area is 212 Å². The van der Waals surface area contributed by atoms with E-state index in [1.807, 2.05) is 51.2 Å². The van der Waals surface area contributed by atoms with Crippen LogP contribution in [0.25, 0.3) is 22.0 Å². The van der Waals surface area contributed by atoms with E-state index in [1.165, 1.54) is 11.1 Å². The molecule has 1 heterocycles. The highest BCUT2D eigenvalue weighted by Crippen LogP contribution is 2.33. The van der Waals surface area contributed by atoms with Gasteiger partial charge in [0.05, 0.1) is 11.6 Å². The maximum atomic E-state index is 11.4. The fraction of sp³-hybridized carbons (Fsp3) is 0.300. The van der Waals surface area contributed by atoms with E-state index in [1.54, 1.807) is 0 Å². The molecular formula is C30H34N4O2. The highest BCUT2D eigenvalue weighted by atomic mass is 16.4. The van der Waals surface area contributed by atoms with E-state index in [-0.39, 0.29) is 17.5 Å². The van der Waals surface area contributed by atoms with Crippen LogP contribution in [0.3, 0.4) is 0 Å². The zero-order valence-electron chi connectivity index (χ0n) is 21.5. The van der Waals surface area contributed by atoms with Crippen molar-refractivity contribution in [3.05, 3.63) is 89.6 Å². The number of rotatable bonds is 7. The van der Waals surface area contributed by atoms with Gasteiger partial charge < -0.3 is 15.7 Å². The second kappa shape index (κ2) is 10.4. The predicted molar refractivity (Wildman–Crippen MR) is 146 cm³/mol. The van der Waals surface area contributed by atoms with Crippen molar-refractivity contribution in [3.63, 3.8) is 0 Å². The third kappa shape index (κ3) is 6.00. The molecule has 186 valence electrons. The van der Waals surface area contributed by atoms with Crippen molar-refractivity contribution in [2.45, 2.75) is 53.1 Å². The van der Waals surface area contributed by atoms with Crippen LogP contribution in [0.5, 0.6) is 0 Å². The Morgan fingerprint density at radius 1 is 1.03 bits per heavy atom. The first-order chi connectivity index (χ1) is 17.1. The average molecular weight is 483 g/mol. The number of amides is 1. The summed E-state index contributed by atoms with van der Waals surface area (Å²) in [5.41, 5.74) is 6.33. The van der Waals surface area contributed by atoms with Gasteiger partial charge in [-0.2, -0.15) is 0 Å². The van der Waals surface area contributed by atoms with Gasteiger partial charge in [0.25, 0.3) is 0 Å². The first-order valence-corrected chi connectivity index (χ1v) is 12.3. The molecule has 3 N–H and O–H groups in total. The van der Waals surface area contributed by atoms with Gasteiger partial charge in [0.15, 0.2) is 0 Å². The number of aromatic nitrogens is 2. The molecule has 1 unspecified atom stereocenters. The summed E-state index contributed by atoms with van der Waals surface area (Å²) in [7, 11) is 0. The molecule has 1 amide bonds. The average Bonchev–Trinajstić information content (AvgIpc) is 2.82. The van der Waals surface area contributed by atoms with Gasteiger partial charge in [0, 0.05) is 17.6 Å². The lowest BCUT2D eigenvalue weighted by molar-refractivity contribution is 0.175. The minimum absolute atomic E-state index is 0.0875. The van der Waals surface area contributed by atoms with Crippen molar-refractivity contribution >= 4 is 22.9 Å². The number of carboxylic acid groups (broad SMARTS) is 1. The van der Waals surface area contributed by atoms with Gasteiger partial charge in [-0.05, 0) is 65.6 Å². The number of anilines is 1. The van der Waals surface area contributed by atoms with E-state index in [2.05, 4.69) is 71.9 Å². The Morgan fingerprint density at radius 3 is 2.53 bits per heavy atom. The minimum atomic E-state index is -1.02. The SMILES string of the molecule is Cc1ccccc1-c1ccc2nc(N[C@@H](C)Cc3cccc(C(NC(=O)O)C(C)(C)C)c3)ncc2c1. The normalized spacial score (nSPS) is 13.2. The smallest absolute Gasteiger partial charge is 0.405 e. The van der Waals surface area contributed by atoms with E-state index < -0.39 is 6.09 Å². The van der Waals surface area contributed by atoms with E-state index >= 15 is 0 Å². The first kappa shape index (κ1) is 25.2. The van der Waals surface area contributed by atoms with Gasteiger partial charge in [-0.15, -0.1) is 0 Å². The molecule has 0 bridgehead atoms. The molecule has 36 heavy (non-hydrogen) atoms. The topological polar surface area (TPSA) is 87.1 Å². The number of aryl methyl sites for hydroxylation is 1. The van der Waals surface area contributed by atoms with Crippen LogP contribution < -0.4 is 10.6 Å². The summed E-state index contributed by atoms with van der Waals surface area (Å²) < 4.78 is 0. The van der Waals surface area contributed by atoms with E-state index in [0.29, 0.717) is 5.95 Å². The molecule has 4 rings (SSSR count). The number of nitrogens with zero attached hydrogens (tertiary/aromatic N) is 2. The Bertz CT molecular complexity index is 1380. The van der Waals surface area contributed by atoms with Gasteiger partial charge in [-0.3, -0.25) is 0 Å². The Balaban J connectivity index is 1.48. The predicted octanol–water partition coefficient (Wildman–Crippen LogP) is 7.00. The highest BCUT2D eigenvalue weighted by Gasteiger charge is 2.28. The highest BCUT2D eigenvalue weighted by molar-refractivity contribution is 5.85. The number of fused-ring (bicyclic) bond motifs is 1. The lowest BCUT2D eigenvalue weighted by atomic mass is 9.82. The summed E-state index contributed by atoms with van der Waals surface area (Å²) in [5.74, 6) is 0.593. The lowest BCUT2D eigenvalue weighted by Crippen LogP contribution is -2.35. The molecule has 0 saturated heterocycles. The molecule has 0 spiro atoms. The zero-order valence-corrected chi connectivity index (χ0v) is 21.5. The molecule has 0 aliphatic rings. The molecule has 0 radical (unpaired) electrons. The van der Waals surface area contributed by atoms with Gasteiger partial charge in [-0.1, -0.05) is 75.4 Å². The van der Waals surface area contributed by atoms with Crippen LogP contribution >= 0.6 is 0 Å². The van der Waals surface area contributed by atoms with Crippen molar-refractivity contribution in [2.24, 2.45) is 5.41 Å². The Hall–Kier alpha value is -3.93. The number of benzene rings is 3. The van der Waals surface area contributed by atoms with Crippen molar-refractivity contribution < 1.29 is 9.90 Å². The quantitative estimate of drug-likeness (QED) is 0.264. The summed E-state index contributed by atoms with van der Waals surface area (Å²) in [4.78, 5) is 20.6. The molecular weight excluding hydrogens is 448 g/mol. The molecule has 2 atom stereocenters. The fourth-order valence-electron chi connectivity index (χ4n) is 4.62. The van der Waals surface area contributed by atoms with Crippen LogP contribution in [-0.4, -0.2) is 27.2 Å². The monoisotopic (exact) mass is 482 g/mol. The molecule has 0 aliphatic heterocycles. The van der Waals surface area contributed by atoms with Gasteiger partial charge >= 0.3 is 6.09 Å². The number of hydrogen-bond acceptors (Lipinski definition) is 4. The number of carbonyl (C=O) groups is 1. The van der Waals surface area contributed by atoms with Gasteiger partial charge in [0.1, 0.15) is 0 Å². The van der Waals surface area contributed by atoms with Crippen LogP contribution in [0.1, 0.15) is 50.4 Å². The summed E-state index contributed by atoms with van der Waals surface area (Å²) in [6.07, 6.45) is 1.60. The summed E-state index contributed by atoms with van der Waals surface area (Å²) >= 11 is 0. The minimum Gasteiger partial charge on any atom is -0.465 e. The fourth-order valence-corrected chi connectivity index (χ4v) is 4.62. The molecule has 3 aromatic carbocycles. The van der Waals surface area contributed by atoms with E-state index in [0.717, 1.165) is 34.0 Å². The summed E-state index contributed by atoms with van der Waals surface area (Å²) in [6, 6.07) is 22.5. The third-order valence-electron chi connectivity index (χ3n) is 6.37. The van der Waals surface area contributed by atoms with Gasteiger partial charge in [0.2, 0.25) is 5.95 Å². The summed E-state index contributed by atoms with van der Waals surface area (Å²) in [5, 5.41) is 16.4. The Morgan fingerprint density at radius 2 is 1.81 bits per heavy atom. The van der Waals surface area contributed by atoms with Crippen LogP contribution in [0, 0.1) is 12.3 Å². The standard InChI is InChI=1S/C30H34N4O2/c1-19-9-6-7-12-25(19)22-13-14-26-24(17-22)18-31-28(33-26)32-20(2)15-21-10-8-11-23(16-21)27(30(3,4)5)34-29(35)36/h6-14,16-18,20,27,34H,15H2,1-5H3,(H,35,36)(H,31,32,33)/t20-,27?/m0/s1. The third-order valence-corrected chi connectivity index (χ3v) is 6.37. The van der Waals surface area contributed by atoms with Crippen LogP contribution in [0.2, 0.25) is 0 Å². The van der Waals surface area contributed by atoms with Crippen LogP contribution in [0.15, 0.2) is 72.9 Å². The zero-order chi connectivity index (χ0) is 25.9. The summed E-state index contributed by atoms with van der Waals surface area (Å²) in [6.45, 7) is 10.3. The number of hydrogen-bond donors (Lipinski definition) is 3. The molecule has 0 fully saturated rings. The molecule has 6 nitrogen and oxygen atoms in total. The molecule has 1 aromatic heterocycles. The van der Waals surface area contributed by atoms with Crippen molar-refractivity contribution in [2.75, 3.05) is 5.32 Å². The van der Waals surface area contributed by atoms with Crippen molar-refractivity contribution in [3.8, 4) is 11.1 Å². The second-order valence-electron chi connectivity index (χ2n) is 10.5. The van der Waals surface area contributed by atoms with E-state index in [4.69, 9.17) is 4.98 Å². The lowest BCUT2D eigenvalue weighted by Gasteiger charge is -2.31.